The molecule has 4 atom stereocenters. The molecule has 1 aromatic heterocycles. The van der Waals surface area contributed by atoms with Gasteiger partial charge in [-0.2, -0.15) is 0 Å². The van der Waals surface area contributed by atoms with Crippen LogP contribution in [0.2, 0.25) is 0 Å². The number of rotatable bonds is 13. The van der Waals surface area contributed by atoms with Crippen molar-refractivity contribution in [2.75, 3.05) is 12.5 Å². The van der Waals surface area contributed by atoms with Gasteiger partial charge >= 0.3 is 0 Å². The third kappa shape index (κ3) is 9.92. The highest BCUT2D eigenvalue weighted by Crippen LogP contribution is 2.40. The predicted octanol–water partition coefficient (Wildman–Crippen LogP) is 1.66. The van der Waals surface area contributed by atoms with E-state index in [0.29, 0.717) is 11.3 Å². The summed E-state index contributed by atoms with van der Waals surface area (Å²) in [6.45, 7) is 8.74. The Labute approximate surface area is 289 Å². The van der Waals surface area contributed by atoms with E-state index in [0.717, 1.165) is 10.8 Å². The fourth-order valence-corrected chi connectivity index (χ4v) is 6.73. The molecule has 0 bridgehead atoms. The number of fused-ring (bicyclic) bond motifs is 1. The molecule has 14 heteroatoms. The van der Waals surface area contributed by atoms with Crippen molar-refractivity contribution in [3.05, 3.63) is 72.6 Å². The Balaban J connectivity index is 1.52. The number of pyridine rings is 1. The van der Waals surface area contributed by atoms with Gasteiger partial charge in [0, 0.05) is 33.5 Å². The van der Waals surface area contributed by atoms with Crippen LogP contribution in [0.25, 0.3) is 10.8 Å². The number of primary amides is 1. The number of aromatic nitrogens is 1. The van der Waals surface area contributed by atoms with Gasteiger partial charge in [0.15, 0.2) is 12.7 Å². The van der Waals surface area contributed by atoms with Crippen LogP contribution in [0.4, 0.5) is 0 Å². The number of hydrogen-bond acceptors (Lipinski definition) is 9. The maximum Gasteiger partial charge on any atom is 0.258 e. The third-order valence-electron chi connectivity index (χ3n) is 7.89. The van der Waals surface area contributed by atoms with Gasteiger partial charge in [-0.05, 0) is 58.7 Å². The SMILES string of the molecule is CC(C)(C)NC(=O)[C@@H]1N(C(=O)[C@@H](O)[C@H](Cc2ccccc2)NC(=O)[C@H](CC(N)=O)NC(=O)COc2cccc3cnccc23)CSC1(C)C. The first kappa shape index (κ1) is 37.1. The van der Waals surface area contributed by atoms with E-state index in [4.69, 9.17) is 10.5 Å². The largest absolute Gasteiger partial charge is 0.483 e. The number of nitrogens with two attached hydrogens (primary N) is 1. The van der Waals surface area contributed by atoms with Crippen molar-refractivity contribution in [2.24, 2.45) is 5.73 Å². The number of ether oxygens (including phenoxy) is 1. The molecular weight excluding hydrogens is 648 g/mol. The fraction of sp³-hybridized carbons (Fsp3) is 0.429. The van der Waals surface area contributed by atoms with Gasteiger partial charge in [0.2, 0.25) is 17.7 Å². The zero-order valence-electron chi connectivity index (χ0n) is 28.3. The summed E-state index contributed by atoms with van der Waals surface area (Å²) in [4.78, 5) is 71.3. The second-order valence-electron chi connectivity index (χ2n) is 13.5. The topological polar surface area (TPSA) is 193 Å². The van der Waals surface area contributed by atoms with E-state index in [2.05, 4.69) is 20.9 Å². The average Bonchev–Trinajstić information content (AvgIpc) is 3.36. The van der Waals surface area contributed by atoms with Crippen molar-refractivity contribution >= 4 is 52.1 Å². The van der Waals surface area contributed by atoms with Crippen LogP contribution in [-0.2, 0) is 30.4 Å². The summed E-state index contributed by atoms with van der Waals surface area (Å²) in [7, 11) is 0. The van der Waals surface area contributed by atoms with Gasteiger partial charge < -0.3 is 36.4 Å². The van der Waals surface area contributed by atoms with Gasteiger partial charge in [-0.3, -0.25) is 29.0 Å². The molecule has 1 saturated heterocycles. The number of nitrogens with one attached hydrogen (secondary N) is 3. The Bertz CT molecular complexity index is 1670. The number of aliphatic hydroxyl groups is 1. The summed E-state index contributed by atoms with van der Waals surface area (Å²) in [5, 5.41) is 21.2. The van der Waals surface area contributed by atoms with Crippen LogP contribution in [0.15, 0.2) is 67.0 Å². The summed E-state index contributed by atoms with van der Waals surface area (Å²) >= 11 is 1.40. The molecule has 1 aliphatic heterocycles. The first-order valence-corrected chi connectivity index (χ1v) is 16.9. The lowest BCUT2D eigenvalue weighted by Crippen LogP contribution is -2.61. The molecule has 13 nitrogen and oxygen atoms in total. The molecule has 5 amide bonds. The second kappa shape index (κ2) is 15.7. The molecule has 1 fully saturated rings. The van der Waals surface area contributed by atoms with E-state index in [1.54, 1.807) is 60.9 Å². The van der Waals surface area contributed by atoms with Crippen LogP contribution < -0.4 is 26.4 Å². The van der Waals surface area contributed by atoms with Crippen molar-refractivity contribution in [2.45, 2.75) is 82.0 Å². The first-order valence-electron chi connectivity index (χ1n) is 15.9. The summed E-state index contributed by atoms with van der Waals surface area (Å²) in [5.41, 5.74) is 5.57. The van der Waals surface area contributed by atoms with E-state index in [1.165, 1.54) is 16.7 Å². The summed E-state index contributed by atoms with van der Waals surface area (Å²) in [6.07, 6.45) is 0.949. The average molecular weight is 693 g/mol. The van der Waals surface area contributed by atoms with Crippen LogP contribution in [0.5, 0.6) is 5.75 Å². The molecule has 0 radical (unpaired) electrons. The second-order valence-corrected chi connectivity index (χ2v) is 15.1. The van der Waals surface area contributed by atoms with E-state index in [1.807, 2.05) is 40.7 Å². The monoisotopic (exact) mass is 692 g/mol. The van der Waals surface area contributed by atoms with E-state index >= 15 is 0 Å². The number of carbonyl (C=O) groups is 5. The molecule has 262 valence electrons. The molecule has 0 aliphatic carbocycles. The zero-order chi connectivity index (χ0) is 35.9. The smallest absolute Gasteiger partial charge is 0.258 e. The molecule has 4 rings (SSSR count). The lowest BCUT2D eigenvalue weighted by Gasteiger charge is -2.35. The van der Waals surface area contributed by atoms with Gasteiger partial charge in [-0.25, -0.2) is 0 Å². The Kier molecular flexibility index (Phi) is 11.9. The van der Waals surface area contributed by atoms with Gasteiger partial charge in [0.05, 0.1) is 18.3 Å². The van der Waals surface area contributed by atoms with Crippen molar-refractivity contribution < 1.29 is 33.8 Å². The van der Waals surface area contributed by atoms with Crippen LogP contribution in [-0.4, -0.2) is 91.5 Å². The normalized spacial score (nSPS) is 17.4. The highest BCUT2D eigenvalue weighted by molar-refractivity contribution is 8.00. The molecule has 2 heterocycles. The molecular formula is C35H44N6O7S. The minimum Gasteiger partial charge on any atom is -0.483 e. The van der Waals surface area contributed by atoms with Gasteiger partial charge in [0.25, 0.3) is 11.8 Å². The van der Waals surface area contributed by atoms with Gasteiger partial charge in [0.1, 0.15) is 17.8 Å². The quantitative estimate of drug-likeness (QED) is 0.177. The molecule has 49 heavy (non-hydrogen) atoms. The number of carbonyl (C=O) groups excluding carboxylic acids is 5. The number of nitrogens with zero attached hydrogens (tertiary/aromatic N) is 2. The summed E-state index contributed by atoms with van der Waals surface area (Å²) < 4.78 is 5.06. The van der Waals surface area contributed by atoms with Crippen LogP contribution in [0.3, 0.4) is 0 Å². The molecule has 6 N–H and O–H groups in total. The van der Waals surface area contributed by atoms with Crippen LogP contribution in [0.1, 0.15) is 46.6 Å². The standard InChI is InChI=1S/C35H44N6O7S/c1-34(2,3)40-32(46)30-35(4,5)49-20-41(30)33(47)29(44)24(16-21-10-7-6-8-11-21)39-31(45)25(17-27(36)42)38-28(43)19-48-26-13-9-12-22-18-37-15-14-23(22)26/h6-15,18,24-25,29-30,44H,16-17,19-20H2,1-5H3,(H2,36,42)(H,38,43)(H,39,45)(H,40,46)/t24-,25-,29-,30-/m0/s1. The molecule has 0 spiro atoms. The van der Waals surface area contributed by atoms with Crippen molar-refractivity contribution in [1.29, 1.82) is 0 Å². The summed E-state index contributed by atoms with van der Waals surface area (Å²) in [5.74, 6) is -2.94. The molecule has 3 aromatic rings. The molecule has 0 saturated carbocycles. The molecule has 2 aromatic carbocycles. The lowest BCUT2D eigenvalue weighted by molar-refractivity contribution is -0.148. The number of thioether (sulfide) groups is 1. The van der Waals surface area contributed by atoms with Crippen molar-refractivity contribution in [3.8, 4) is 5.75 Å². The zero-order valence-corrected chi connectivity index (χ0v) is 29.1. The highest BCUT2D eigenvalue weighted by atomic mass is 32.2. The number of aliphatic hydroxyl groups excluding tert-OH is 1. The van der Waals surface area contributed by atoms with Crippen molar-refractivity contribution in [1.82, 2.24) is 25.8 Å². The van der Waals surface area contributed by atoms with Gasteiger partial charge in [-0.1, -0.05) is 42.5 Å². The highest BCUT2D eigenvalue weighted by Gasteiger charge is 2.50. The van der Waals surface area contributed by atoms with Gasteiger partial charge in [-0.15, -0.1) is 11.8 Å². The van der Waals surface area contributed by atoms with Crippen LogP contribution >= 0.6 is 11.8 Å². The Morgan fingerprint density at radius 2 is 1.78 bits per heavy atom. The maximum atomic E-state index is 13.9. The maximum absolute atomic E-state index is 13.9. The van der Waals surface area contributed by atoms with E-state index < -0.39 is 71.2 Å². The minimum absolute atomic E-state index is 0.0268. The Morgan fingerprint density at radius 3 is 2.45 bits per heavy atom. The Morgan fingerprint density at radius 1 is 1.06 bits per heavy atom. The van der Waals surface area contributed by atoms with E-state index in [-0.39, 0.29) is 18.2 Å². The predicted molar refractivity (Wildman–Crippen MR) is 186 cm³/mol. The molecule has 0 unspecified atom stereocenters. The lowest BCUT2D eigenvalue weighted by atomic mass is 9.96. The fourth-order valence-electron chi connectivity index (χ4n) is 5.59. The number of amides is 5. The third-order valence-corrected chi connectivity index (χ3v) is 9.27. The van der Waals surface area contributed by atoms with Crippen molar-refractivity contribution in [3.63, 3.8) is 0 Å². The summed E-state index contributed by atoms with van der Waals surface area (Å²) in [6, 6.07) is 12.4. The first-order chi connectivity index (χ1) is 23.1. The minimum atomic E-state index is -1.78. The Hall–Kier alpha value is -4.69. The van der Waals surface area contributed by atoms with Crippen LogP contribution in [0, 0.1) is 0 Å². The number of hydrogen-bond donors (Lipinski definition) is 5. The van der Waals surface area contributed by atoms with E-state index in [9.17, 15) is 29.1 Å². The molecule has 1 aliphatic rings. The number of benzene rings is 2.